The number of rotatable bonds is 6. The molecule has 2 aromatic rings. The van der Waals surface area contributed by atoms with Gasteiger partial charge in [0, 0.05) is 24.2 Å². The van der Waals surface area contributed by atoms with Crippen LogP contribution in [0.5, 0.6) is 0 Å². The topological polar surface area (TPSA) is 155 Å². The zero-order valence-electron chi connectivity index (χ0n) is 16.5. The number of nitrogens with two attached hydrogens (primary N) is 1. The van der Waals surface area contributed by atoms with Gasteiger partial charge in [0.15, 0.2) is 17.2 Å². The molecule has 10 heteroatoms. The number of nitrogens with one attached hydrogen (secondary N) is 3. The maximum Gasteiger partial charge on any atom is 0.274 e. The van der Waals surface area contributed by atoms with Crippen molar-refractivity contribution in [1.82, 2.24) is 25.5 Å². The fraction of sp³-hybridized carbons (Fsp3) is 0.474. The highest BCUT2D eigenvalue weighted by Gasteiger charge is 2.22. The normalized spacial score (nSPS) is 18.7. The minimum Gasteiger partial charge on any atom is -0.380 e. The Balaban J connectivity index is 1.82. The van der Waals surface area contributed by atoms with Gasteiger partial charge in [-0.25, -0.2) is 9.97 Å². The molecule has 1 aliphatic carbocycles. The second-order valence-corrected chi connectivity index (χ2v) is 7.40. The lowest BCUT2D eigenvalue weighted by Gasteiger charge is -2.28. The maximum atomic E-state index is 12.6. The van der Waals surface area contributed by atoms with Gasteiger partial charge in [0.1, 0.15) is 11.9 Å². The summed E-state index contributed by atoms with van der Waals surface area (Å²) in [5, 5.41) is 26.3. The lowest BCUT2D eigenvalue weighted by Crippen LogP contribution is -2.35. The predicted molar refractivity (Wildman–Crippen MR) is 109 cm³/mol. The van der Waals surface area contributed by atoms with Crippen LogP contribution in [0.1, 0.15) is 55.7 Å². The van der Waals surface area contributed by atoms with E-state index in [0.29, 0.717) is 17.3 Å². The van der Waals surface area contributed by atoms with Crippen LogP contribution in [0.2, 0.25) is 0 Å². The van der Waals surface area contributed by atoms with Gasteiger partial charge in [-0.2, -0.15) is 5.26 Å². The van der Waals surface area contributed by atoms with E-state index >= 15 is 0 Å². The van der Waals surface area contributed by atoms with Crippen molar-refractivity contribution < 1.29 is 4.79 Å². The summed E-state index contributed by atoms with van der Waals surface area (Å²) < 4.78 is 0. The van der Waals surface area contributed by atoms with E-state index in [0.717, 1.165) is 25.7 Å². The molecule has 0 aromatic carbocycles. The van der Waals surface area contributed by atoms with Gasteiger partial charge in [-0.05, 0) is 39.5 Å². The Morgan fingerprint density at radius 3 is 2.55 bits per heavy atom. The largest absolute Gasteiger partial charge is 0.380 e. The predicted octanol–water partition coefficient (Wildman–Crippen LogP) is 1.70. The number of aromatic nitrogens is 4. The molecule has 1 fully saturated rings. The van der Waals surface area contributed by atoms with E-state index in [9.17, 15) is 4.79 Å². The van der Waals surface area contributed by atoms with Crippen LogP contribution in [0.25, 0.3) is 0 Å². The summed E-state index contributed by atoms with van der Waals surface area (Å²) in [5.74, 6) is 0.555. The van der Waals surface area contributed by atoms with Gasteiger partial charge >= 0.3 is 0 Å². The zero-order valence-corrected chi connectivity index (χ0v) is 16.5. The van der Waals surface area contributed by atoms with Crippen molar-refractivity contribution in [3.05, 3.63) is 29.8 Å². The Morgan fingerprint density at radius 2 is 1.93 bits per heavy atom. The third-order valence-corrected chi connectivity index (χ3v) is 4.58. The zero-order chi connectivity index (χ0) is 20.8. The number of carbonyl (C=O) groups excluding carboxylic acids is 1. The summed E-state index contributed by atoms with van der Waals surface area (Å²) in [7, 11) is 0. The number of hydrogen-bond donors (Lipinski definition) is 4. The first-order valence-electron chi connectivity index (χ1n) is 9.64. The van der Waals surface area contributed by atoms with Crippen LogP contribution in [0.15, 0.2) is 18.5 Å². The van der Waals surface area contributed by atoms with Crippen LogP contribution in [0, 0.1) is 11.3 Å². The standard InChI is InChI=1S/C19H25N9O/c1-11(2)24-19(29)18-15(25-13-5-3-12(21)4-6-13)7-16(27-28-18)26-17-10-22-14(8-20)9-23-17/h7,9-13H,3-6,21H2,1-2H3,(H,24,29)(H2,23,25,26,27). The summed E-state index contributed by atoms with van der Waals surface area (Å²) >= 11 is 0. The molecule has 0 aliphatic heterocycles. The van der Waals surface area contributed by atoms with E-state index in [1.54, 1.807) is 6.07 Å². The molecule has 1 amide bonds. The number of nitrogens with zero attached hydrogens (tertiary/aromatic N) is 5. The van der Waals surface area contributed by atoms with Crippen LogP contribution in [-0.2, 0) is 0 Å². The SMILES string of the molecule is CC(C)NC(=O)c1nnc(Nc2cnc(C#N)cn2)cc1NC1CCC(N)CC1. The fourth-order valence-corrected chi connectivity index (χ4v) is 3.13. The highest BCUT2D eigenvalue weighted by molar-refractivity contribution is 5.98. The molecule has 0 saturated heterocycles. The molecule has 2 heterocycles. The highest BCUT2D eigenvalue weighted by Crippen LogP contribution is 2.25. The molecule has 0 atom stereocenters. The summed E-state index contributed by atoms with van der Waals surface area (Å²) in [6.07, 6.45) is 6.54. The van der Waals surface area contributed by atoms with Crippen LogP contribution < -0.4 is 21.7 Å². The van der Waals surface area contributed by atoms with E-state index in [1.807, 2.05) is 19.9 Å². The second-order valence-electron chi connectivity index (χ2n) is 7.40. The Bertz CT molecular complexity index is 884. The molecule has 0 bridgehead atoms. The van der Waals surface area contributed by atoms with Crippen molar-refractivity contribution in [2.24, 2.45) is 5.73 Å². The van der Waals surface area contributed by atoms with Gasteiger partial charge < -0.3 is 21.7 Å². The Hall–Kier alpha value is -3.32. The third-order valence-electron chi connectivity index (χ3n) is 4.58. The summed E-state index contributed by atoms with van der Waals surface area (Å²) in [5.41, 5.74) is 7.06. The van der Waals surface area contributed by atoms with E-state index in [1.165, 1.54) is 12.4 Å². The minimum absolute atomic E-state index is 0.0171. The maximum absolute atomic E-state index is 12.6. The number of hydrogen-bond acceptors (Lipinski definition) is 9. The fourth-order valence-electron chi connectivity index (χ4n) is 3.13. The van der Waals surface area contributed by atoms with Crippen molar-refractivity contribution >= 4 is 23.2 Å². The molecule has 0 spiro atoms. The quantitative estimate of drug-likeness (QED) is 0.572. The van der Waals surface area contributed by atoms with Crippen LogP contribution in [-0.4, -0.2) is 44.2 Å². The molecule has 2 aromatic heterocycles. The number of nitriles is 1. The molecule has 10 nitrogen and oxygen atoms in total. The molecule has 1 saturated carbocycles. The molecule has 1 aliphatic rings. The molecule has 5 N–H and O–H groups in total. The van der Waals surface area contributed by atoms with E-state index in [-0.39, 0.29) is 35.4 Å². The Labute approximate surface area is 169 Å². The van der Waals surface area contributed by atoms with Gasteiger partial charge in [-0.15, -0.1) is 10.2 Å². The van der Waals surface area contributed by atoms with E-state index in [2.05, 4.69) is 36.1 Å². The van der Waals surface area contributed by atoms with Gasteiger partial charge in [0.25, 0.3) is 5.91 Å². The lowest BCUT2D eigenvalue weighted by molar-refractivity contribution is 0.0938. The van der Waals surface area contributed by atoms with Crippen LogP contribution in [0.3, 0.4) is 0 Å². The first-order valence-corrected chi connectivity index (χ1v) is 9.64. The molecule has 0 radical (unpaired) electrons. The average molecular weight is 395 g/mol. The summed E-state index contributed by atoms with van der Waals surface area (Å²) in [6.45, 7) is 3.78. The molecule has 152 valence electrons. The van der Waals surface area contributed by atoms with Crippen molar-refractivity contribution in [3.8, 4) is 6.07 Å². The Kier molecular flexibility index (Phi) is 6.51. The Morgan fingerprint density at radius 1 is 1.17 bits per heavy atom. The smallest absolute Gasteiger partial charge is 0.274 e. The number of anilines is 3. The van der Waals surface area contributed by atoms with Gasteiger partial charge in [-0.3, -0.25) is 4.79 Å². The summed E-state index contributed by atoms with van der Waals surface area (Å²) in [4.78, 5) is 20.6. The molecule has 29 heavy (non-hydrogen) atoms. The number of amides is 1. The van der Waals surface area contributed by atoms with Crippen molar-refractivity contribution in [1.29, 1.82) is 5.26 Å². The van der Waals surface area contributed by atoms with Gasteiger partial charge in [0.05, 0.1) is 18.1 Å². The van der Waals surface area contributed by atoms with Crippen molar-refractivity contribution in [3.63, 3.8) is 0 Å². The van der Waals surface area contributed by atoms with Gasteiger partial charge in [-0.1, -0.05) is 0 Å². The van der Waals surface area contributed by atoms with E-state index in [4.69, 9.17) is 11.0 Å². The van der Waals surface area contributed by atoms with E-state index < -0.39 is 0 Å². The lowest BCUT2D eigenvalue weighted by atomic mass is 9.91. The average Bonchev–Trinajstić information content (AvgIpc) is 2.70. The van der Waals surface area contributed by atoms with Crippen LogP contribution in [0.4, 0.5) is 17.3 Å². The third kappa shape index (κ3) is 5.58. The minimum atomic E-state index is -0.285. The molecular formula is C19H25N9O. The van der Waals surface area contributed by atoms with Crippen molar-refractivity contribution in [2.45, 2.75) is 57.7 Å². The monoisotopic (exact) mass is 395 g/mol. The molecular weight excluding hydrogens is 370 g/mol. The van der Waals surface area contributed by atoms with Crippen molar-refractivity contribution in [2.75, 3.05) is 10.6 Å². The molecule has 0 unspecified atom stereocenters. The second kappa shape index (κ2) is 9.25. The highest BCUT2D eigenvalue weighted by atomic mass is 16.2. The molecule has 3 rings (SSSR count). The summed E-state index contributed by atoms with van der Waals surface area (Å²) in [6, 6.07) is 4.08. The first kappa shape index (κ1) is 20.4. The van der Waals surface area contributed by atoms with Crippen LogP contribution >= 0.6 is 0 Å². The van der Waals surface area contributed by atoms with Gasteiger partial charge in [0.2, 0.25) is 0 Å². The first-order chi connectivity index (χ1) is 13.9. The number of carbonyl (C=O) groups is 1.